The van der Waals surface area contributed by atoms with Crippen molar-refractivity contribution in [3.8, 4) is 0 Å². The Morgan fingerprint density at radius 3 is 2.71 bits per heavy atom. The van der Waals surface area contributed by atoms with Crippen molar-refractivity contribution in [3.63, 3.8) is 0 Å². The molecule has 2 fully saturated rings. The van der Waals surface area contributed by atoms with E-state index in [1.807, 2.05) is 23.9 Å². The van der Waals surface area contributed by atoms with Gasteiger partial charge in [-0.1, -0.05) is 6.42 Å². The first-order valence-electron chi connectivity index (χ1n) is 9.28. The number of hydrogen-bond acceptors (Lipinski definition) is 4. The van der Waals surface area contributed by atoms with Gasteiger partial charge in [-0.15, -0.1) is 0 Å². The van der Waals surface area contributed by atoms with Gasteiger partial charge in [0.2, 0.25) is 5.91 Å². The summed E-state index contributed by atoms with van der Waals surface area (Å²) in [5, 5.41) is 11.0. The van der Waals surface area contributed by atoms with Crippen molar-refractivity contribution >= 4 is 5.91 Å². The van der Waals surface area contributed by atoms with Gasteiger partial charge in [-0.25, -0.2) is 0 Å². The zero-order chi connectivity index (χ0) is 16.9. The highest BCUT2D eigenvalue weighted by Gasteiger charge is 2.44. The molecule has 1 aliphatic heterocycles. The minimum Gasteiger partial charge on any atom is -0.382 e. The summed E-state index contributed by atoms with van der Waals surface area (Å²) < 4.78 is 7.39. The van der Waals surface area contributed by atoms with Gasteiger partial charge in [0.15, 0.2) is 0 Å². The number of piperidine rings is 1. The molecule has 0 spiro atoms. The van der Waals surface area contributed by atoms with E-state index in [-0.39, 0.29) is 11.3 Å². The molecule has 2 aliphatic rings. The quantitative estimate of drug-likeness (QED) is 0.710. The maximum absolute atomic E-state index is 13.1. The highest BCUT2D eigenvalue weighted by atomic mass is 16.5. The van der Waals surface area contributed by atoms with Crippen molar-refractivity contribution in [1.82, 2.24) is 20.4 Å². The molecule has 1 saturated heterocycles. The summed E-state index contributed by atoms with van der Waals surface area (Å²) in [6.45, 7) is 6.04. The van der Waals surface area contributed by atoms with Gasteiger partial charge in [0, 0.05) is 32.2 Å². The maximum atomic E-state index is 13.1. The van der Waals surface area contributed by atoms with E-state index in [4.69, 9.17) is 4.74 Å². The first-order chi connectivity index (χ1) is 11.7. The molecular formula is C18H30N4O2. The molecule has 134 valence electrons. The zero-order valence-corrected chi connectivity index (χ0v) is 14.7. The van der Waals surface area contributed by atoms with E-state index >= 15 is 0 Å². The second-order valence-corrected chi connectivity index (χ2v) is 7.22. The summed E-state index contributed by atoms with van der Waals surface area (Å²) in [5.41, 5.74) is -0.303. The zero-order valence-electron chi connectivity index (χ0n) is 14.7. The van der Waals surface area contributed by atoms with Gasteiger partial charge < -0.3 is 15.4 Å². The molecule has 6 nitrogen and oxygen atoms in total. The molecule has 1 saturated carbocycles. The van der Waals surface area contributed by atoms with Crippen LogP contribution in [0.3, 0.4) is 0 Å². The second-order valence-electron chi connectivity index (χ2n) is 7.22. The van der Waals surface area contributed by atoms with E-state index in [0.717, 1.165) is 52.1 Å². The van der Waals surface area contributed by atoms with Crippen molar-refractivity contribution in [2.24, 2.45) is 5.41 Å². The normalized spacial score (nSPS) is 21.9. The molecule has 0 bridgehead atoms. The number of carbonyl (C=O) groups is 1. The van der Waals surface area contributed by atoms with Crippen LogP contribution in [0.1, 0.15) is 45.4 Å². The van der Waals surface area contributed by atoms with Crippen LogP contribution in [0.5, 0.6) is 0 Å². The first kappa shape index (κ1) is 17.4. The Hall–Kier alpha value is -1.40. The van der Waals surface area contributed by atoms with Crippen LogP contribution in [-0.2, 0) is 15.1 Å². The predicted octanol–water partition coefficient (Wildman–Crippen LogP) is 1.67. The molecule has 0 aromatic carbocycles. The Labute approximate surface area is 144 Å². The molecule has 1 aliphatic carbocycles. The molecule has 0 unspecified atom stereocenters. The van der Waals surface area contributed by atoms with Crippen molar-refractivity contribution in [1.29, 1.82) is 0 Å². The van der Waals surface area contributed by atoms with E-state index in [0.29, 0.717) is 0 Å². The van der Waals surface area contributed by atoms with Crippen LogP contribution < -0.4 is 10.6 Å². The van der Waals surface area contributed by atoms with Gasteiger partial charge in [-0.2, -0.15) is 5.10 Å². The summed E-state index contributed by atoms with van der Waals surface area (Å²) in [7, 11) is 0. The molecule has 0 radical (unpaired) electrons. The van der Waals surface area contributed by atoms with E-state index in [2.05, 4.69) is 15.7 Å². The van der Waals surface area contributed by atoms with Crippen LogP contribution in [0.2, 0.25) is 0 Å². The molecule has 24 heavy (non-hydrogen) atoms. The second kappa shape index (κ2) is 7.66. The summed E-state index contributed by atoms with van der Waals surface area (Å²) in [5.74, 6) is 0.121. The lowest BCUT2D eigenvalue weighted by atomic mass is 9.66. The van der Waals surface area contributed by atoms with Crippen LogP contribution in [0.15, 0.2) is 18.5 Å². The number of aromatic nitrogens is 2. The van der Waals surface area contributed by atoms with E-state index in [9.17, 15) is 4.79 Å². The summed E-state index contributed by atoms with van der Waals surface area (Å²) in [4.78, 5) is 13.1. The van der Waals surface area contributed by atoms with E-state index in [1.165, 1.54) is 19.3 Å². The fourth-order valence-electron chi connectivity index (χ4n) is 3.98. The SMILES string of the molecule is CCOCCC1(CNC(=O)C2(n3cccn3)CCNCC2)CCC1. The maximum Gasteiger partial charge on any atom is 0.248 e. The molecule has 0 atom stereocenters. The Balaban J connectivity index is 1.63. The van der Waals surface area contributed by atoms with Crippen molar-refractivity contribution in [2.45, 2.75) is 51.0 Å². The van der Waals surface area contributed by atoms with Crippen LogP contribution in [0.4, 0.5) is 0 Å². The third kappa shape index (κ3) is 3.49. The van der Waals surface area contributed by atoms with Crippen LogP contribution in [0, 0.1) is 5.41 Å². The third-order valence-corrected chi connectivity index (χ3v) is 5.82. The molecule has 1 aromatic heterocycles. The molecule has 1 amide bonds. The summed E-state index contributed by atoms with van der Waals surface area (Å²) >= 11 is 0. The van der Waals surface area contributed by atoms with Crippen molar-refractivity contribution < 1.29 is 9.53 Å². The number of amides is 1. The Morgan fingerprint density at radius 2 is 2.12 bits per heavy atom. The van der Waals surface area contributed by atoms with E-state index in [1.54, 1.807) is 6.20 Å². The minimum atomic E-state index is -0.542. The standard InChI is InChI=1S/C18H30N4O2/c1-2-24-14-9-17(5-3-6-17)15-20-16(23)18(7-11-19-12-8-18)22-13-4-10-21-22/h4,10,13,19H,2-3,5-9,11-12,14-15H2,1H3,(H,20,23). The Morgan fingerprint density at radius 1 is 1.33 bits per heavy atom. The Kier molecular flexibility index (Phi) is 5.56. The highest BCUT2D eigenvalue weighted by molar-refractivity contribution is 5.84. The molecular weight excluding hydrogens is 304 g/mol. The predicted molar refractivity (Wildman–Crippen MR) is 92.7 cm³/mol. The molecule has 1 aromatic rings. The largest absolute Gasteiger partial charge is 0.382 e. The average Bonchev–Trinajstić information content (AvgIpc) is 3.12. The molecule has 2 heterocycles. The fourth-order valence-corrected chi connectivity index (χ4v) is 3.98. The molecule has 3 rings (SSSR count). The summed E-state index contributed by atoms with van der Waals surface area (Å²) in [6, 6.07) is 1.90. The van der Waals surface area contributed by atoms with Gasteiger partial charge in [-0.05, 0) is 63.6 Å². The van der Waals surface area contributed by atoms with Gasteiger partial charge in [-0.3, -0.25) is 9.48 Å². The van der Waals surface area contributed by atoms with Gasteiger partial charge in [0.05, 0.1) is 0 Å². The van der Waals surface area contributed by atoms with Crippen LogP contribution >= 0.6 is 0 Å². The smallest absolute Gasteiger partial charge is 0.248 e. The minimum absolute atomic E-state index is 0.121. The lowest BCUT2D eigenvalue weighted by molar-refractivity contribution is -0.133. The first-order valence-corrected chi connectivity index (χ1v) is 9.28. The topological polar surface area (TPSA) is 68.2 Å². The Bertz CT molecular complexity index is 519. The number of hydrogen-bond donors (Lipinski definition) is 2. The number of carbonyl (C=O) groups excluding carboxylic acids is 1. The number of nitrogens with zero attached hydrogens (tertiary/aromatic N) is 2. The lowest BCUT2D eigenvalue weighted by Gasteiger charge is -2.43. The van der Waals surface area contributed by atoms with Gasteiger partial charge >= 0.3 is 0 Å². The average molecular weight is 334 g/mol. The van der Waals surface area contributed by atoms with Crippen molar-refractivity contribution in [3.05, 3.63) is 18.5 Å². The lowest BCUT2D eigenvalue weighted by Crippen LogP contribution is -2.56. The number of ether oxygens (including phenoxy) is 1. The fraction of sp³-hybridized carbons (Fsp3) is 0.778. The van der Waals surface area contributed by atoms with Crippen LogP contribution in [0.25, 0.3) is 0 Å². The monoisotopic (exact) mass is 334 g/mol. The van der Waals surface area contributed by atoms with Crippen molar-refractivity contribution in [2.75, 3.05) is 32.8 Å². The van der Waals surface area contributed by atoms with Crippen LogP contribution in [-0.4, -0.2) is 48.5 Å². The highest BCUT2D eigenvalue weighted by Crippen LogP contribution is 2.43. The van der Waals surface area contributed by atoms with Gasteiger partial charge in [0.25, 0.3) is 0 Å². The molecule has 2 N–H and O–H groups in total. The number of rotatable bonds is 8. The number of nitrogens with one attached hydrogen (secondary N) is 2. The van der Waals surface area contributed by atoms with Gasteiger partial charge in [0.1, 0.15) is 5.54 Å². The summed E-state index contributed by atoms with van der Waals surface area (Å²) in [6.07, 6.45) is 9.92. The van der Waals surface area contributed by atoms with E-state index < -0.39 is 5.54 Å². The molecule has 6 heteroatoms. The third-order valence-electron chi connectivity index (χ3n) is 5.82.